The maximum atomic E-state index is 14.6. The predicted octanol–water partition coefficient (Wildman–Crippen LogP) is -7.71. The molecule has 122 heavy (non-hydrogen) atoms. The fourth-order valence-corrected chi connectivity index (χ4v) is 12.5. The number of rotatable bonds is 58. The summed E-state index contributed by atoms with van der Waals surface area (Å²) in [5.41, 5.74) is 47.1. The Kier molecular flexibility index (Phi) is 48.5. The molecule has 44 nitrogen and oxygen atoms in total. The van der Waals surface area contributed by atoms with Gasteiger partial charge in [0.05, 0.1) is 18.6 Å². The van der Waals surface area contributed by atoms with Crippen molar-refractivity contribution in [3.8, 4) is 11.5 Å². The van der Waals surface area contributed by atoms with Gasteiger partial charge in [-0.05, 0) is 158 Å². The van der Waals surface area contributed by atoms with Gasteiger partial charge in [0, 0.05) is 36.4 Å². The second-order valence-corrected chi connectivity index (χ2v) is 31.6. The van der Waals surface area contributed by atoms with Crippen molar-refractivity contribution in [1.29, 1.82) is 10.8 Å². The smallest absolute Gasteiger partial charge is 0.326 e. The number of phenols is 2. The van der Waals surface area contributed by atoms with Crippen LogP contribution in [0.1, 0.15) is 143 Å². The van der Waals surface area contributed by atoms with Crippen molar-refractivity contribution in [3.05, 3.63) is 59.7 Å². The average Bonchev–Trinajstić information content (AvgIpc) is 0.821. The Hall–Kier alpha value is -10.9. The SMILES string of the molecule is CC[C@H](C)[C@H](N)C(=O)N[C@H](C(=O)N[C@@H](Cc1ccc(O)cc1)C(=O)N[C@H](C(=O)N[C@@H](CC(N)=O)C(=O)N[C@@H](CCCNC(=N)N)C(=O)N[C@@H](CCN)C(=O)N[C@H](C(=O)N[C@H](CCN)C(=O)N[C@@H](CCCCN)C(=O)N[C@@H](CS)C(=O)N[C@@H](CCN)C(=O)N[C@@H](CCCNC(=N)N)C(=O)N[C@@H](Cc1ccc(O)cc1)C(=O)O)[C@@H](C)O)C(C)(C)S)[C@@H](C)CC. The van der Waals surface area contributed by atoms with E-state index in [-0.39, 0.29) is 127 Å². The van der Waals surface area contributed by atoms with Crippen LogP contribution in [0.2, 0.25) is 0 Å². The molecule has 2 aromatic rings. The molecule has 0 aliphatic rings. The maximum absolute atomic E-state index is 14.6. The van der Waals surface area contributed by atoms with Gasteiger partial charge < -0.3 is 146 Å². The molecule has 0 bridgehead atoms. The van der Waals surface area contributed by atoms with Gasteiger partial charge in [-0.2, -0.15) is 25.3 Å². The van der Waals surface area contributed by atoms with Crippen molar-refractivity contribution in [2.45, 2.75) is 240 Å². The first kappa shape index (κ1) is 107. The van der Waals surface area contributed by atoms with Gasteiger partial charge in [-0.15, -0.1) is 0 Å². The molecule has 37 N–H and O–H groups in total. The van der Waals surface area contributed by atoms with Crippen LogP contribution in [0.3, 0.4) is 0 Å². The van der Waals surface area contributed by atoms with Gasteiger partial charge in [0.1, 0.15) is 90.0 Å². The summed E-state index contributed by atoms with van der Waals surface area (Å²) in [5, 5.41) is 93.7. The number of phenolic OH excluding ortho intramolecular Hbond substituents is 2. The van der Waals surface area contributed by atoms with E-state index in [0.29, 0.717) is 30.4 Å². The van der Waals surface area contributed by atoms with Gasteiger partial charge in [-0.25, -0.2) is 4.79 Å². The van der Waals surface area contributed by atoms with Gasteiger partial charge >= 0.3 is 5.97 Å². The molecular formula is C76H129N25O19S2. The Balaban J connectivity index is 2.49. The predicted molar refractivity (Wildman–Crippen MR) is 458 cm³/mol. The third kappa shape index (κ3) is 38.9. The number of thiol groups is 2. The monoisotopic (exact) mass is 1760 g/mol. The van der Waals surface area contributed by atoms with E-state index in [1.165, 1.54) is 62.4 Å². The molecule has 0 unspecified atom stereocenters. The van der Waals surface area contributed by atoms with E-state index < -0.39 is 214 Å². The van der Waals surface area contributed by atoms with Gasteiger partial charge in [-0.3, -0.25) is 77.9 Å². The van der Waals surface area contributed by atoms with Crippen molar-refractivity contribution in [1.82, 2.24) is 79.8 Å². The van der Waals surface area contributed by atoms with Crippen molar-refractivity contribution < 1.29 is 92.3 Å². The summed E-state index contributed by atoms with van der Waals surface area (Å²) in [6.45, 7) is 10.3. The second kappa shape index (κ2) is 55.2. The molecule has 14 amide bonds. The lowest BCUT2D eigenvalue weighted by Gasteiger charge is -2.33. The first-order chi connectivity index (χ1) is 57.4. The van der Waals surface area contributed by atoms with Crippen molar-refractivity contribution in [2.24, 2.45) is 57.7 Å². The number of amides is 14. The van der Waals surface area contributed by atoms with Crippen LogP contribution in [-0.4, -0.2) is 261 Å². The number of aliphatic hydroxyl groups excluding tert-OH is 1. The normalized spacial score (nSPS) is 15.4. The number of aliphatic hydroxyl groups is 1. The zero-order valence-corrected chi connectivity index (χ0v) is 71.7. The number of nitrogens with one attached hydrogen (secondary N) is 17. The minimum atomic E-state index is -1.94. The minimum absolute atomic E-state index is 0.0462. The molecule has 0 saturated carbocycles. The van der Waals surface area contributed by atoms with E-state index in [1.54, 1.807) is 20.8 Å². The Labute approximate surface area is 719 Å². The number of nitrogens with two attached hydrogens (primary N) is 8. The summed E-state index contributed by atoms with van der Waals surface area (Å²) in [6, 6.07) is -10.6. The lowest BCUT2D eigenvalue weighted by atomic mass is 9.94. The molecule has 2 aromatic carbocycles. The van der Waals surface area contributed by atoms with Gasteiger partial charge in [0.15, 0.2) is 11.9 Å². The zero-order valence-electron chi connectivity index (χ0n) is 69.9. The number of hydrogen-bond donors (Lipinski definition) is 31. The molecule has 0 fully saturated rings. The van der Waals surface area contributed by atoms with Crippen LogP contribution in [0, 0.1) is 22.7 Å². The number of carboxylic acid groups (broad SMARTS) is 1. The van der Waals surface area contributed by atoms with Gasteiger partial charge in [0.25, 0.3) is 0 Å². The third-order valence-electron chi connectivity index (χ3n) is 19.6. The number of hydrogen-bond acceptors (Lipinski definition) is 27. The summed E-state index contributed by atoms with van der Waals surface area (Å²) >= 11 is 8.87. The number of primary amides is 1. The largest absolute Gasteiger partial charge is 0.508 e. The van der Waals surface area contributed by atoms with Crippen molar-refractivity contribution in [2.75, 3.05) is 45.0 Å². The lowest BCUT2D eigenvalue weighted by Crippen LogP contribution is -2.64. The zero-order chi connectivity index (χ0) is 92.3. The summed E-state index contributed by atoms with van der Waals surface area (Å²) in [7, 11) is 0. The van der Waals surface area contributed by atoms with E-state index in [4.69, 9.17) is 56.7 Å². The Morgan fingerprint density at radius 2 is 0.738 bits per heavy atom. The first-order valence-electron chi connectivity index (χ1n) is 40.2. The third-order valence-corrected chi connectivity index (χ3v) is 20.2. The molecule has 17 atom stereocenters. The van der Waals surface area contributed by atoms with Crippen LogP contribution in [-0.2, 0) is 84.8 Å². The lowest BCUT2D eigenvalue weighted by molar-refractivity contribution is -0.142. The molecule has 2 rings (SSSR count). The fourth-order valence-electron chi connectivity index (χ4n) is 12.0. The van der Waals surface area contributed by atoms with E-state index in [0.717, 1.165) is 6.92 Å². The van der Waals surface area contributed by atoms with Crippen LogP contribution in [0.15, 0.2) is 48.5 Å². The molecule has 46 heteroatoms. The minimum Gasteiger partial charge on any atom is -0.508 e. The quantitative estimate of drug-likeness (QED) is 0.0127. The second-order valence-electron chi connectivity index (χ2n) is 30.1. The number of aliphatic carboxylic acids is 1. The van der Waals surface area contributed by atoms with Crippen LogP contribution >= 0.6 is 25.3 Å². The van der Waals surface area contributed by atoms with Gasteiger partial charge in [-0.1, -0.05) is 64.8 Å². The number of guanidine groups is 2. The van der Waals surface area contributed by atoms with E-state index in [9.17, 15) is 92.3 Å². The summed E-state index contributed by atoms with van der Waals surface area (Å²) in [4.78, 5) is 210. The molecule has 684 valence electrons. The van der Waals surface area contributed by atoms with E-state index >= 15 is 0 Å². The highest BCUT2D eigenvalue weighted by molar-refractivity contribution is 7.81. The number of carbonyl (C=O) groups is 15. The molecule has 0 aliphatic carbocycles. The molecule has 0 spiro atoms. The summed E-state index contributed by atoms with van der Waals surface area (Å²) < 4.78 is -1.53. The Morgan fingerprint density at radius 1 is 0.410 bits per heavy atom. The fraction of sp³-hybridized carbons (Fsp3) is 0.618. The molecular weight excluding hydrogens is 1630 g/mol. The number of carbonyl (C=O) groups excluding carboxylic acids is 14. The van der Waals surface area contributed by atoms with Crippen LogP contribution < -0.4 is 126 Å². The Bertz CT molecular complexity index is 3810. The van der Waals surface area contributed by atoms with Crippen LogP contribution in [0.4, 0.5) is 0 Å². The van der Waals surface area contributed by atoms with Crippen molar-refractivity contribution >= 4 is 126 Å². The maximum Gasteiger partial charge on any atom is 0.326 e. The molecule has 0 aromatic heterocycles. The average molecular weight is 1760 g/mol. The number of unbranched alkanes of at least 4 members (excludes halogenated alkanes) is 1. The topological polar surface area (TPSA) is 773 Å². The van der Waals surface area contributed by atoms with Crippen LogP contribution in [0.5, 0.6) is 11.5 Å². The van der Waals surface area contributed by atoms with Gasteiger partial charge in [0.2, 0.25) is 82.7 Å². The summed E-state index contributed by atoms with van der Waals surface area (Å²) in [6.07, 6.45) is -3.21. The number of benzene rings is 2. The highest BCUT2D eigenvalue weighted by atomic mass is 32.1. The number of carboxylic acids is 1. The number of aromatic hydroxyl groups is 2. The molecule has 0 saturated heterocycles. The van der Waals surface area contributed by atoms with E-state index in [1.807, 2.05) is 6.92 Å². The molecule has 0 heterocycles. The molecule has 0 radical (unpaired) electrons. The highest BCUT2D eigenvalue weighted by Crippen LogP contribution is 2.21. The Morgan fingerprint density at radius 3 is 1.11 bits per heavy atom. The standard InChI is InChI=1S/C76H129N25O19S2/c1-8-38(3)56(82)69(115)99-57(39(4)9-2)70(116)95-51(34-41-17-21-43(103)22-18-41)67(113)101-59(76(6,7)122)72(118)96-52(36-55(81)105)66(112)91-46(15-12-32-87-74(83)84)60(106)92-50(27-31-80)65(111)100-58(40(5)102)71(117)94-49(26-30-79)64(110)89-45(14-10-11-28-77)62(108)98-54(37-121)68(114)93-48(25-29-78)63(109)90-47(16-13-33-88-75(85)86)61(107)97-53(73(119)120)35-42-19-23-44(104)24-20-42/h17-24,38-40,45-54,56-59,102-104,121-122H,8-16,25-37,77-80,82H2,1-7H3,(H2,81,105)(H,89,110)(H,90,109)(H,91,112)(H,92,106)(H,93,114)(H,94,117)(H,95,116)(H,96,118)(H,97,107)(H,98,108)(H,99,115)(H,100,111)(H,101,113)(H,119,120)(H4,83,84,87)(H4,85,86,88)/t38-,39-,40+,45-,46-,47-,48-,49+,50-,51-,52-,53-,54-,56-,57-,58-,59+/m0/s1. The first-order valence-corrected chi connectivity index (χ1v) is 41.2. The molecule has 0 aliphatic heterocycles. The van der Waals surface area contributed by atoms with Crippen molar-refractivity contribution in [3.63, 3.8) is 0 Å². The van der Waals surface area contributed by atoms with E-state index in [2.05, 4.69) is 105 Å². The summed E-state index contributed by atoms with van der Waals surface area (Å²) in [5.74, 6) is -18.0. The highest BCUT2D eigenvalue weighted by Gasteiger charge is 2.42. The van der Waals surface area contributed by atoms with Crippen LogP contribution in [0.25, 0.3) is 0 Å².